The van der Waals surface area contributed by atoms with Crippen LogP contribution in [0.3, 0.4) is 0 Å². The molecule has 1 atom stereocenters. The fourth-order valence-electron chi connectivity index (χ4n) is 2.32. The van der Waals surface area contributed by atoms with E-state index in [1.807, 2.05) is 0 Å². The van der Waals surface area contributed by atoms with Gasteiger partial charge in [0.1, 0.15) is 0 Å². The molecule has 0 heterocycles. The van der Waals surface area contributed by atoms with Crippen LogP contribution in [0.15, 0.2) is 0 Å². The van der Waals surface area contributed by atoms with Crippen molar-refractivity contribution in [1.29, 1.82) is 0 Å². The van der Waals surface area contributed by atoms with Crippen LogP contribution in [0.1, 0.15) is 72.1 Å². The van der Waals surface area contributed by atoms with E-state index in [1.165, 1.54) is 32.1 Å². The molecule has 1 amide bonds. The molecule has 1 N–H and O–H groups in total. The molecule has 0 fully saturated rings. The highest BCUT2D eigenvalue weighted by molar-refractivity contribution is 5.75. The minimum absolute atomic E-state index is 0.224. The van der Waals surface area contributed by atoms with Crippen molar-refractivity contribution in [3.63, 3.8) is 0 Å². The van der Waals surface area contributed by atoms with E-state index in [9.17, 15) is 4.79 Å². The molecule has 3 heteroatoms. The smallest absolute Gasteiger partial charge is 0.224 e. The van der Waals surface area contributed by atoms with Crippen LogP contribution >= 0.6 is 0 Å². The number of unbranched alkanes of at least 4 members (excludes halogenated alkanes) is 5. The Morgan fingerprint density at radius 3 is 2.11 bits per heavy atom. The molecular formula is C16H35N2O+. The van der Waals surface area contributed by atoms with Crippen molar-refractivity contribution in [2.45, 2.75) is 78.3 Å². The molecule has 3 nitrogen and oxygen atoms in total. The first-order chi connectivity index (χ1) is 8.97. The largest absolute Gasteiger partial charge is 0.309 e. The number of hydrogen-bond acceptors (Lipinski definition) is 1. The van der Waals surface area contributed by atoms with Gasteiger partial charge in [0.2, 0.25) is 5.91 Å². The lowest BCUT2D eigenvalue weighted by Crippen LogP contribution is -2.57. The monoisotopic (exact) mass is 271 g/mol. The first kappa shape index (κ1) is 18.4. The zero-order valence-corrected chi connectivity index (χ0v) is 13.8. The van der Waals surface area contributed by atoms with Crippen LogP contribution in [0, 0.1) is 0 Å². The SMILES string of the molecule is CCCCCCCCC(=O)NC(CC)[N+](C)(C)CC. The Morgan fingerprint density at radius 2 is 1.58 bits per heavy atom. The Morgan fingerprint density at radius 1 is 1.00 bits per heavy atom. The summed E-state index contributed by atoms with van der Waals surface area (Å²) >= 11 is 0. The molecule has 0 aromatic rings. The van der Waals surface area contributed by atoms with E-state index in [-0.39, 0.29) is 12.1 Å². The summed E-state index contributed by atoms with van der Waals surface area (Å²) in [7, 11) is 4.36. The molecule has 0 bridgehead atoms. The molecule has 0 aliphatic carbocycles. The van der Waals surface area contributed by atoms with Gasteiger partial charge in [-0.1, -0.05) is 46.0 Å². The van der Waals surface area contributed by atoms with Gasteiger partial charge in [-0.3, -0.25) is 4.79 Å². The van der Waals surface area contributed by atoms with Crippen molar-refractivity contribution < 1.29 is 9.28 Å². The van der Waals surface area contributed by atoms with Gasteiger partial charge < -0.3 is 9.80 Å². The lowest BCUT2D eigenvalue weighted by molar-refractivity contribution is -0.915. The van der Waals surface area contributed by atoms with E-state index in [4.69, 9.17) is 0 Å². The summed E-state index contributed by atoms with van der Waals surface area (Å²) in [5, 5.41) is 3.19. The van der Waals surface area contributed by atoms with E-state index in [0.717, 1.165) is 23.9 Å². The summed E-state index contributed by atoms with van der Waals surface area (Å²) in [6.07, 6.45) is 9.34. The van der Waals surface area contributed by atoms with Crippen LogP contribution in [-0.2, 0) is 4.79 Å². The van der Waals surface area contributed by atoms with Gasteiger partial charge in [-0.2, -0.15) is 0 Å². The molecule has 0 aliphatic heterocycles. The van der Waals surface area contributed by atoms with Crippen LogP contribution < -0.4 is 5.32 Å². The molecule has 0 radical (unpaired) electrons. The van der Waals surface area contributed by atoms with Crippen LogP contribution in [0.2, 0.25) is 0 Å². The van der Waals surface area contributed by atoms with E-state index < -0.39 is 0 Å². The third-order valence-corrected chi connectivity index (χ3v) is 4.13. The molecule has 19 heavy (non-hydrogen) atoms. The van der Waals surface area contributed by atoms with E-state index in [2.05, 4.69) is 40.2 Å². The Hall–Kier alpha value is -0.570. The molecule has 0 rings (SSSR count). The van der Waals surface area contributed by atoms with Gasteiger partial charge in [-0.15, -0.1) is 0 Å². The molecule has 1 unspecified atom stereocenters. The summed E-state index contributed by atoms with van der Waals surface area (Å²) in [6, 6.07) is 0. The average molecular weight is 271 g/mol. The molecule has 0 spiro atoms. The maximum Gasteiger partial charge on any atom is 0.224 e. The highest BCUT2D eigenvalue weighted by atomic mass is 16.1. The second-order valence-corrected chi connectivity index (χ2v) is 6.10. The molecule has 0 saturated heterocycles. The number of amides is 1. The van der Waals surface area contributed by atoms with Gasteiger partial charge >= 0.3 is 0 Å². The molecule has 0 saturated carbocycles. The summed E-state index contributed by atoms with van der Waals surface area (Å²) in [4.78, 5) is 11.9. The van der Waals surface area contributed by atoms with Crippen LogP contribution in [-0.4, -0.2) is 37.2 Å². The number of quaternary nitrogens is 1. The van der Waals surface area contributed by atoms with Crippen LogP contribution in [0.5, 0.6) is 0 Å². The maximum absolute atomic E-state index is 11.9. The van der Waals surface area contributed by atoms with E-state index in [0.29, 0.717) is 6.42 Å². The van der Waals surface area contributed by atoms with Gasteiger partial charge in [0.15, 0.2) is 6.17 Å². The molecule has 114 valence electrons. The van der Waals surface area contributed by atoms with Gasteiger partial charge in [-0.05, 0) is 13.3 Å². The topological polar surface area (TPSA) is 29.1 Å². The molecule has 0 aromatic carbocycles. The number of carbonyl (C=O) groups is 1. The normalized spacial score (nSPS) is 13.3. The fraction of sp³-hybridized carbons (Fsp3) is 0.938. The second kappa shape index (κ2) is 10.2. The van der Waals surface area contributed by atoms with Crippen LogP contribution in [0.4, 0.5) is 0 Å². The fourth-order valence-corrected chi connectivity index (χ4v) is 2.32. The summed E-state index contributed by atoms with van der Waals surface area (Å²) < 4.78 is 0.860. The van der Waals surface area contributed by atoms with Crippen molar-refractivity contribution >= 4 is 5.91 Å². The van der Waals surface area contributed by atoms with E-state index in [1.54, 1.807) is 0 Å². The number of carbonyl (C=O) groups excluding carboxylic acids is 1. The third-order valence-electron chi connectivity index (χ3n) is 4.13. The third kappa shape index (κ3) is 8.25. The zero-order chi connectivity index (χ0) is 14.7. The number of nitrogens with zero attached hydrogens (tertiary/aromatic N) is 1. The first-order valence-corrected chi connectivity index (χ1v) is 8.09. The van der Waals surface area contributed by atoms with Crippen molar-refractivity contribution in [1.82, 2.24) is 5.32 Å². The minimum atomic E-state index is 0.224. The Balaban J connectivity index is 3.83. The predicted octanol–water partition coefficient (Wildman–Crippen LogP) is 3.69. The Bertz CT molecular complexity index is 239. The molecule has 0 aliphatic rings. The maximum atomic E-state index is 11.9. The summed E-state index contributed by atoms with van der Waals surface area (Å²) in [6.45, 7) is 7.58. The molecule has 0 aromatic heterocycles. The lowest BCUT2D eigenvalue weighted by Gasteiger charge is -2.36. The lowest BCUT2D eigenvalue weighted by atomic mass is 10.1. The Kier molecular flexibility index (Phi) is 9.94. The number of hydrogen-bond donors (Lipinski definition) is 1. The number of rotatable bonds is 11. The molecular weight excluding hydrogens is 236 g/mol. The highest BCUT2D eigenvalue weighted by Gasteiger charge is 2.25. The van der Waals surface area contributed by atoms with Crippen molar-refractivity contribution in [2.75, 3.05) is 20.6 Å². The highest BCUT2D eigenvalue weighted by Crippen LogP contribution is 2.10. The minimum Gasteiger partial charge on any atom is -0.309 e. The zero-order valence-electron chi connectivity index (χ0n) is 13.8. The van der Waals surface area contributed by atoms with Gasteiger partial charge in [0.25, 0.3) is 0 Å². The predicted molar refractivity (Wildman–Crippen MR) is 82.9 cm³/mol. The van der Waals surface area contributed by atoms with E-state index >= 15 is 0 Å². The summed E-state index contributed by atoms with van der Waals surface area (Å²) in [5.41, 5.74) is 0. The van der Waals surface area contributed by atoms with Crippen molar-refractivity contribution in [2.24, 2.45) is 0 Å². The summed E-state index contributed by atoms with van der Waals surface area (Å²) in [5.74, 6) is 0.224. The van der Waals surface area contributed by atoms with Gasteiger partial charge in [0.05, 0.1) is 20.6 Å². The van der Waals surface area contributed by atoms with Crippen molar-refractivity contribution in [3.05, 3.63) is 0 Å². The quantitative estimate of drug-likeness (QED) is 0.347. The standard InChI is InChI=1S/C16H34N2O/c1-6-9-10-11-12-13-14-16(19)17-15(7-2)18(4,5)8-3/h15H,6-14H2,1-5H3/p+1. The van der Waals surface area contributed by atoms with Crippen LogP contribution in [0.25, 0.3) is 0 Å². The average Bonchev–Trinajstić information content (AvgIpc) is 2.39. The first-order valence-electron chi connectivity index (χ1n) is 8.09. The van der Waals surface area contributed by atoms with Gasteiger partial charge in [-0.25, -0.2) is 0 Å². The van der Waals surface area contributed by atoms with Crippen molar-refractivity contribution in [3.8, 4) is 0 Å². The Labute approximate surface area is 120 Å². The number of nitrogens with one attached hydrogen (secondary N) is 1. The van der Waals surface area contributed by atoms with Gasteiger partial charge in [0, 0.05) is 12.8 Å². The second-order valence-electron chi connectivity index (χ2n) is 6.10.